The van der Waals surface area contributed by atoms with Gasteiger partial charge in [0.15, 0.2) is 0 Å². The topological polar surface area (TPSA) is 76.7 Å². The Morgan fingerprint density at radius 3 is 2.85 bits per heavy atom. The first-order chi connectivity index (χ1) is 6.20. The first kappa shape index (κ1) is 8.50. The lowest BCUT2D eigenvalue weighted by atomic mass is 9.93. The van der Waals surface area contributed by atoms with Crippen LogP contribution in [0, 0.1) is 0 Å². The largest absolute Gasteiger partial charge is 0.343 e. The number of aromatic amines is 1. The molecule has 72 valence electrons. The van der Waals surface area contributed by atoms with Crippen molar-refractivity contribution in [3.63, 3.8) is 0 Å². The van der Waals surface area contributed by atoms with Gasteiger partial charge in [0.1, 0.15) is 5.82 Å². The maximum atomic E-state index is 11.4. The van der Waals surface area contributed by atoms with E-state index in [1.807, 2.05) is 6.92 Å². The molecule has 1 heterocycles. The van der Waals surface area contributed by atoms with Crippen molar-refractivity contribution in [2.45, 2.75) is 38.3 Å². The molecule has 2 rings (SSSR count). The van der Waals surface area contributed by atoms with Gasteiger partial charge in [0.05, 0.1) is 6.04 Å². The zero-order valence-electron chi connectivity index (χ0n) is 7.66. The summed E-state index contributed by atoms with van der Waals surface area (Å²) in [7, 11) is 0. The number of nitrogens with two attached hydrogens (primary N) is 1. The third kappa shape index (κ3) is 1.29. The van der Waals surface area contributed by atoms with E-state index in [2.05, 4.69) is 10.2 Å². The molecule has 1 aromatic rings. The fourth-order valence-corrected chi connectivity index (χ4v) is 1.64. The molecule has 3 N–H and O–H groups in total. The van der Waals surface area contributed by atoms with Crippen LogP contribution >= 0.6 is 0 Å². The predicted molar refractivity (Wildman–Crippen MR) is 48.3 cm³/mol. The molecule has 13 heavy (non-hydrogen) atoms. The van der Waals surface area contributed by atoms with Crippen LogP contribution < -0.4 is 11.4 Å². The fourth-order valence-electron chi connectivity index (χ4n) is 1.64. The summed E-state index contributed by atoms with van der Waals surface area (Å²) in [4.78, 5) is 11.4. The molecule has 1 aliphatic carbocycles. The van der Waals surface area contributed by atoms with E-state index in [0.29, 0.717) is 11.9 Å². The maximum Gasteiger partial charge on any atom is 0.343 e. The number of nitrogens with one attached hydrogen (secondary N) is 1. The van der Waals surface area contributed by atoms with Gasteiger partial charge in [0.25, 0.3) is 0 Å². The minimum absolute atomic E-state index is 0.128. The number of H-pyrrole nitrogens is 1. The molecule has 1 saturated carbocycles. The molecule has 0 amide bonds. The molecule has 0 bridgehead atoms. The van der Waals surface area contributed by atoms with Crippen LogP contribution in [0.5, 0.6) is 0 Å². The van der Waals surface area contributed by atoms with Crippen molar-refractivity contribution in [1.29, 1.82) is 0 Å². The van der Waals surface area contributed by atoms with Gasteiger partial charge in [0.2, 0.25) is 0 Å². The van der Waals surface area contributed by atoms with Crippen molar-refractivity contribution in [2.75, 3.05) is 0 Å². The van der Waals surface area contributed by atoms with E-state index in [0.717, 1.165) is 12.8 Å². The molecule has 1 fully saturated rings. The monoisotopic (exact) mass is 182 g/mol. The van der Waals surface area contributed by atoms with Gasteiger partial charge in [-0.3, -0.25) is 4.57 Å². The average Bonchev–Trinajstić information content (AvgIpc) is 2.30. The summed E-state index contributed by atoms with van der Waals surface area (Å²) in [6.45, 7) is 1.84. The molecule has 1 aliphatic rings. The molecule has 0 aliphatic heterocycles. The standard InChI is InChI=1S/C8H14N4O/c1-5(9)7-10-11-8(13)12(7)6-3-2-4-6/h5-6H,2-4,9H2,1H3,(H,11,13). The Kier molecular flexibility index (Phi) is 1.95. The molecular weight excluding hydrogens is 168 g/mol. The van der Waals surface area contributed by atoms with Gasteiger partial charge >= 0.3 is 5.69 Å². The summed E-state index contributed by atoms with van der Waals surface area (Å²) in [5, 5.41) is 6.36. The van der Waals surface area contributed by atoms with E-state index >= 15 is 0 Å². The van der Waals surface area contributed by atoms with Gasteiger partial charge in [-0.15, -0.1) is 0 Å². The summed E-state index contributed by atoms with van der Waals surface area (Å²) in [5.74, 6) is 0.676. The number of aromatic nitrogens is 3. The Morgan fingerprint density at radius 1 is 1.69 bits per heavy atom. The van der Waals surface area contributed by atoms with E-state index in [9.17, 15) is 4.79 Å². The summed E-state index contributed by atoms with van der Waals surface area (Å²) in [5.41, 5.74) is 5.57. The molecule has 5 heteroatoms. The second-order valence-electron chi connectivity index (χ2n) is 3.63. The Labute approximate surface area is 75.9 Å². The number of nitrogens with zero attached hydrogens (tertiary/aromatic N) is 2. The molecule has 0 radical (unpaired) electrons. The van der Waals surface area contributed by atoms with E-state index in [1.165, 1.54) is 6.42 Å². The summed E-state index contributed by atoms with van der Waals surface area (Å²) in [6, 6.07) is 0.145. The first-order valence-corrected chi connectivity index (χ1v) is 4.62. The number of hydrogen-bond donors (Lipinski definition) is 2. The lowest BCUT2D eigenvalue weighted by molar-refractivity contribution is 0.296. The van der Waals surface area contributed by atoms with Crippen molar-refractivity contribution in [3.05, 3.63) is 16.3 Å². The van der Waals surface area contributed by atoms with Crippen LogP contribution in [0.25, 0.3) is 0 Å². The number of hydrogen-bond acceptors (Lipinski definition) is 3. The second kappa shape index (κ2) is 2.99. The molecule has 1 atom stereocenters. The van der Waals surface area contributed by atoms with Crippen molar-refractivity contribution in [3.8, 4) is 0 Å². The van der Waals surface area contributed by atoms with Crippen LogP contribution in [0.1, 0.15) is 44.1 Å². The van der Waals surface area contributed by atoms with Crippen molar-refractivity contribution in [1.82, 2.24) is 14.8 Å². The molecule has 0 aromatic carbocycles. The highest BCUT2D eigenvalue weighted by Gasteiger charge is 2.25. The predicted octanol–water partition coefficient (Wildman–Crippen LogP) is 0.316. The molecule has 1 unspecified atom stereocenters. The maximum absolute atomic E-state index is 11.4. The minimum Gasteiger partial charge on any atom is -0.322 e. The summed E-state index contributed by atoms with van der Waals surface area (Å²) in [6.07, 6.45) is 3.33. The van der Waals surface area contributed by atoms with Crippen molar-refractivity contribution < 1.29 is 0 Å². The Balaban J connectivity index is 2.40. The molecule has 0 saturated heterocycles. The summed E-state index contributed by atoms with van der Waals surface area (Å²) < 4.78 is 1.70. The van der Waals surface area contributed by atoms with Gasteiger partial charge < -0.3 is 5.73 Å². The van der Waals surface area contributed by atoms with Gasteiger partial charge in [-0.1, -0.05) is 0 Å². The second-order valence-corrected chi connectivity index (χ2v) is 3.63. The van der Waals surface area contributed by atoms with Gasteiger partial charge in [-0.2, -0.15) is 5.10 Å². The lowest BCUT2D eigenvalue weighted by Gasteiger charge is -2.27. The van der Waals surface area contributed by atoms with Crippen LogP contribution in [0.15, 0.2) is 4.79 Å². The van der Waals surface area contributed by atoms with Gasteiger partial charge in [-0.25, -0.2) is 9.89 Å². The molecule has 1 aromatic heterocycles. The van der Waals surface area contributed by atoms with E-state index in [-0.39, 0.29) is 11.7 Å². The van der Waals surface area contributed by atoms with E-state index < -0.39 is 0 Å². The van der Waals surface area contributed by atoms with Crippen LogP contribution in [0.2, 0.25) is 0 Å². The smallest absolute Gasteiger partial charge is 0.322 e. The highest BCUT2D eigenvalue weighted by molar-refractivity contribution is 4.96. The SMILES string of the molecule is CC(N)c1n[nH]c(=O)n1C1CCC1. The Morgan fingerprint density at radius 2 is 2.38 bits per heavy atom. The highest BCUT2D eigenvalue weighted by Crippen LogP contribution is 2.31. The van der Waals surface area contributed by atoms with E-state index in [1.54, 1.807) is 4.57 Å². The quantitative estimate of drug-likeness (QED) is 0.691. The third-order valence-electron chi connectivity index (χ3n) is 2.58. The van der Waals surface area contributed by atoms with Gasteiger partial charge in [-0.05, 0) is 26.2 Å². The minimum atomic E-state index is -0.181. The van der Waals surface area contributed by atoms with E-state index in [4.69, 9.17) is 5.73 Å². The summed E-state index contributed by atoms with van der Waals surface area (Å²) >= 11 is 0. The highest BCUT2D eigenvalue weighted by atomic mass is 16.1. The number of rotatable bonds is 2. The van der Waals surface area contributed by atoms with Crippen LogP contribution in [0.4, 0.5) is 0 Å². The average molecular weight is 182 g/mol. The lowest BCUT2D eigenvalue weighted by Crippen LogP contribution is -2.30. The Hall–Kier alpha value is -1.10. The third-order valence-corrected chi connectivity index (χ3v) is 2.58. The first-order valence-electron chi connectivity index (χ1n) is 4.62. The van der Waals surface area contributed by atoms with Crippen LogP contribution in [-0.2, 0) is 0 Å². The molecule has 5 nitrogen and oxygen atoms in total. The Bertz CT molecular complexity index is 347. The van der Waals surface area contributed by atoms with Crippen LogP contribution in [-0.4, -0.2) is 14.8 Å². The van der Waals surface area contributed by atoms with Gasteiger partial charge in [0, 0.05) is 6.04 Å². The van der Waals surface area contributed by atoms with Crippen molar-refractivity contribution in [2.24, 2.45) is 5.73 Å². The zero-order valence-corrected chi connectivity index (χ0v) is 7.66. The normalized spacial score (nSPS) is 19.8. The molecule has 0 spiro atoms. The molecular formula is C8H14N4O. The van der Waals surface area contributed by atoms with Crippen LogP contribution in [0.3, 0.4) is 0 Å². The van der Waals surface area contributed by atoms with Crippen molar-refractivity contribution >= 4 is 0 Å². The fraction of sp³-hybridized carbons (Fsp3) is 0.750. The zero-order chi connectivity index (χ0) is 9.42.